The standard InChI is InChI=1S/C12H16FNO4S/c1-9-8-14(5-6-18-9)19(15,16)10-3-4-12(17-2)11(13)7-10/h3-4,7,9H,5-6,8H2,1-2H3/t9-/m0/s1. The van der Waals surface area contributed by atoms with Crippen LogP contribution in [0.1, 0.15) is 6.92 Å². The zero-order valence-electron chi connectivity index (χ0n) is 10.8. The van der Waals surface area contributed by atoms with Crippen molar-refractivity contribution in [3.8, 4) is 5.75 Å². The van der Waals surface area contributed by atoms with Gasteiger partial charge in [-0.3, -0.25) is 0 Å². The fraction of sp³-hybridized carbons (Fsp3) is 0.500. The first-order valence-corrected chi connectivity index (χ1v) is 7.34. The van der Waals surface area contributed by atoms with E-state index < -0.39 is 15.8 Å². The number of nitrogens with zero attached hydrogens (tertiary/aromatic N) is 1. The van der Waals surface area contributed by atoms with E-state index in [1.54, 1.807) is 6.92 Å². The van der Waals surface area contributed by atoms with E-state index in [9.17, 15) is 12.8 Å². The lowest BCUT2D eigenvalue weighted by atomic mass is 10.3. The first-order valence-electron chi connectivity index (χ1n) is 5.90. The molecule has 0 aromatic heterocycles. The molecular weight excluding hydrogens is 273 g/mol. The van der Waals surface area contributed by atoms with E-state index in [1.807, 2.05) is 0 Å². The molecule has 0 N–H and O–H groups in total. The largest absolute Gasteiger partial charge is 0.494 e. The lowest BCUT2D eigenvalue weighted by Gasteiger charge is -2.30. The molecule has 0 radical (unpaired) electrons. The number of hydrogen-bond donors (Lipinski definition) is 0. The lowest BCUT2D eigenvalue weighted by molar-refractivity contribution is 0.0102. The van der Waals surface area contributed by atoms with Gasteiger partial charge in [-0.2, -0.15) is 4.31 Å². The van der Waals surface area contributed by atoms with Crippen molar-refractivity contribution in [2.24, 2.45) is 0 Å². The minimum absolute atomic E-state index is 0.0225. The second-order valence-corrected chi connectivity index (χ2v) is 6.28. The highest BCUT2D eigenvalue weighted by atomic mass is 32.2. The maximum atomic E-state index is 13.6. The SMILES string of the molecule is COc1ccc(S(=O)(=O)N2CCO[C@@H](C)C2)cc1F. The van der Waals surface area contributed by atoms with Crippen molar-refractivity contribution in [3.63, 3.8) is 0 Å². The van der Waals surface area contributed by atoms with Gasteiger partial charge in [0.1, 0.15) is 0 Å². The summed E-state index contributed by atoms with van der Waals surface area (Å²) in [5.41, 5.74) is 0. The molecule has 0 bridgehead atoms. The lowest BCUT2D eigenvalue weighted by Crippen LogP contribution is -2.44. The zero-order chi connectivity index (χ0) is 14.0. The summed E-state index contributed by atoms with van der Waals surface area (Å²) in [7, 11) is -2.36. The Bertz CT molecular complexity index is 561. The third-order valence-corrected chi connectivity index (χ3v) is 4.83. The molecule has 1 fully saturated rings. The van der Waals surface area contributed by atoms with E-state index in [1.165, 1.54) is 23.5 Å². The summed E-state index contributed by atoms with van der Waals surface area (Å²) in [5, 5.41) is 0. The monoisotopic (exact) mass is 289 g/mol. The second kappa shape index (κ2) is 5.44. The summed E-state index contributed by atoms with van der Waals surface area (Å²) in [4.78, 5) is -0.0695. The van der Waals surface area contributed by atoms with Gasteiger partial charge in [0.05, 0.1) is 24.7 Å². The van der Waals surface area contributed by atoms with E-state index in [0.717, 1.165) is 6.07 Å². The Morgan fingerprint density at radius 3 is 2.79 bits per heavy atom. The average Bonchev–Trinajstić information content (AvgIpc) is 2.38. The normalized spacial score (nSPS) is 21.3. The number of benzene rings is 1. The Hall–Kier alpha value is -1.18. The van der Waals surface area contributed by atoms with E-state index in [2.05, 4.69) is 0 Å². The number of halogens is 1. The Kier molecular flexibility index (Phi) is 4.07. The summed E-state index contributed by atoms with van der Waals surface area (Å²) >= 11 is 0. The van der Waals surface area contributed by atoms with Gasteiger partial charge in [0, 0.05) is 13.1 Å². The Morgan fingerprint density at radius 1 is 1.47 bits per heavy atom. The second-order valence-electron chi connectivity index (χ2n) is 4.34. The number of rotatable bonds is 3. The number of methoxy groups -OCH3 is 1. The molecule has 1 aliphatic heterocycles. The minimum atomic E-state index is -3.68. The molecule has 1 aromatic carbocycles. The van der Waals surface area contributed by atoms with Gasteiger partial charge < -0.3 is 9.47 Å². The molecule has 2 rings (SSSR count). The molecule has 5 nitrogen and oxygen atoms in total. The number of morpholine rings is 1. The van der Waals surface area contributed by atoms with Crippen molar-refractivity contribution >= 4 is 10.0 Å². The molecule has 0 saturated carbocycles. The van der Waals surface area contributed by atoms with Crippen LogP contribution in [0.4, 0.5) is 4.39 Å². The van der Waals surface area contributed by atoms with Crippen LogP contribution in [0, 0.1) is 5.82 Å². The third-order valence-electron chi connectivity index (χ3n) is 2.96. The molecule has 19 heavy (non-hydrogen) atoms. The van der Waals surface area contributed by atoms with Gasteiger partial charge in [0.2, 0.25) is 10.0 Å². The molecule has 1 heterocycles. The predicted octanol–water partition coefficient (Wildman–Crippen LogP) is 1.24. The van der Waals surface area contributed by atoms with Crippen LogP contribution in [-0.4, -0.2) is 45.6 Å². The smallest absolute Gasteiger partial charge is 0.243 e. The molecule has 0 amide bonds. The van der Waals surface area contributed by atoms with Crippen molar-refractivity contribution in [2.45, 2.75) is 17.9 Å². The van der Waals surface area contributed by atoms with Gasteiger partial charge >= 0.3 is 0 Å². The number of ether oxygens (including phenoxy) is 2. The van der Waals surface area contributed by atoms with E-state index in [0.29, 0.717) is 6.61 Å². The molecular formula is C12H16FNO4S. The van der Waals surface area contributed by atoms with Crippen LogP contribution >= 0.6 is 0 Å². The van der Waals surface area contributed by atoms with Crippen molar-refractivity contribution < 1.29 is 22.3 Å². The Balaban J connectivity index is 2.31. The van der Waals surface area contributed by atoms with E-state index in [4.69, 9.17) is 9.47 Å². The van der Waals surface area contributed by atoms with Gasteiger partial charge in [-0.25, -0.2) is 12.8 Å². The summed E-state index contributed by atoms with van der Waals surface area (Å²) in [6.45, 7) is 2.70. The molecule has 1 saturated heterocycles. The third kappa shape index (κ3) is 2.88. The van der Waals surface area contributed by atoms with Crippen molar-refractivity contribution in [1.29, 1.82) is 0 Å². The maximum Gasteiger partial charge on any atom is 0.243 e. The van der Waals surface area contributed by atoms with E-state index >= 15 is 0 Å². The van der Waals surface area contributed by atoms with Gasteiger partial charge in [-0.1, -0.05) is 0 Å². The molecule has 106 valence electrons. The average molecular weight is 289 g/mol. The van der Waals surface area contributed by atoms with Crippen LogP contribution in [0.15, 0.2) is 23.1 Å². The van der Waals surface area contributed by atoms with Crippen LogP contribution in [0.2, 0.25) is 0 Å². The fourth-order valence-corrected chi connectivity index (χ4v) is 3.47. The van der Waals surface area contributed by atoms with Crippen molar-refractivity contribution in [1.82, 2.24) is 4.31 Å². The highest BCUT2D eigenvalue weighted by molar-refractivity contribution is 7.89. The molecule has 0 spiro atoms. The highest BCUT2D eigenvalue weighted by Gasteiger charge is 2.29. The van der Waals surface area contributed by atoms with E-state index in [-0.39, 0.29) is 29.8 Å². The minimum Gasteiger partial charge on any atom is -0.494 e. The first-order chi connectivity index (χ1) is 8.95. The van der Waals surface area contributed by atoms with Crippen molar-refractivity contribution in [3.05, 3.63) is 24.0 Å². The van der Waals surface area contributed by atoms with Gasteiger partial charge in [-0.15, -0.1) is 0 Å². The summed E-state index contributed by atoms with van der Waals surface area (Å²) < 4.78 is 49.7. The van der Waals surface area contributed by atoms with Crippen LogP contribution in [-0.2, 0) is 14.8 Å². The van der Waals surface area contributed by atoms with Crippen LogP contribution < -0.4 is 4.74 Å². The van der Waals surface area contributed by atoms with Crippen molar-refractivity contribution in [2.75, 3.05) is 26.8 Å². The van der Waals surface area contributed by atoms with Crippen LogP contribution in [0.25, 0.3) is 0 Å². The van der Waals surface area contributed by atoms with Crippen LogP contribution in [0.5, 0.6) is 5.75 Å². The number of hydrogen-bond acceptors (Lipinski definition) is 4. The Morgan fingerprint density at radius 2 is 2.21 bits per heavy atom. The quantitative estimate of drug-likeness (QED) is 0.840. The van der Waals surface area contributed by atoms with Crippen LogP contribution in [0.3, 0.4) is 0 Å². The highest BCUT2D eigenvalue weighted by Crippen LogP contribution is 2.24. The van der Waals surface area contributed by atoms with Gasteiger partial charge in [0.25, 0.3) is 0 Å². The topological polar surface area (TPSA) is 55.8 Å². The summed E-state index contributed by atoms with van der Waals surface area (Å²) in [5.74, 6) is -0.667. The molecule has 1 aliphatic rings. The molecule has 1 aromatic rings. The predicted molar refractivity (Wildman–Crippen MR) is 67.1 cm³/mol. The zero-order valence-corrected chi connectivity index (χ0v) is 11.6. The molecule has 0 unspecified atom stereocenters. The molecule has 1 atom stereocenters. The number of sulfonamides is 1. The van der Waals surface area contributed by atoms with Gasteiger partial charge in [0.15, 0.2) is 11.6 Å². The molecule has 7 heteroatoms. The first kappa shape index (κ1) is 14.2. The maximum absolute atomic E-state index is 13.6. The van der Waals surface area contributed by atoms with Gasteiger partial charge in [-0.05, 0) is 25.1 Å². The summed E-state index contributed by atoms with van der Waals surface area (Å²) in [6.07, 6.45) is -0.161. The molecule has 0 aliphatic carbocycles. The fourth-order valence-electron chi connectivity index (χ4n) is 1.96. The Labute approximate surface area is 112 Å². The summed E-state index contributed by atoms with van der Waals surface area (Å²) in [6, 6.07) is 3.64.